The van der Waals surface area contributed by atoms with Crippen LogP contribution in [-0.2, 0) is 6.54 Å². The van der Waals surface area contributed by atoms with Gasteiger partial charge in [0.05, 0.1) is 0 Å². The van der Waals surface area contributed by atoms with Crippen molar-refractivity contribution in [2.45, 2.75) is 6.54 Å². The van der Waals surface area contributed by atoms with Crippen LogP contribution in [0.4, 0.5) is 0 Å². The molecule has 3 nitrogen and oxygen atoms in total. The van der Waals surface area contributed by atoms with Gasteiger partial charge in [-0.25, -0.2) is 0 Å². The van der Waals surface area contributed by atoms with Crippen LogP contribution in [0.5, 0.6) is 0 Å². The number of nitrogens with two attached hydrogens (primary N) is 1. The predicted molar refractivity (Wildman–Crippen MR) is 49.1 cm³/mol. The topological polar surface area (TPSA) is 52.0 Å². The van der Waals surface area contributed by atoms with Gasteiger partial charge in [-0.3, -0.25) is 0 Å². The second kappa shape index (κ2) is 3.56. The summed E-state index contributed by atoms with van der Waals surface area (Å²) in [5.74, 6) is 0. The third-order valence-electron chi connectivity index (χ3n) is 1.66. The quantitative estimate of drug-likeness (QED) is 0.734. The normalized spacial score (nSPS) is 9.75. The van der Waals surface area contributed by atoms with E-state index >= 15 is 0 Å². The van der Waals surface area contributed by atoms with E-state index in [-0.39, 0.29) is 12.4 Å². The Balaban J connectivity index is 0.000000720. The maximum Gasteiger partial charge on any atom is 0.131 e. The monoisotopic (exact) mass is 184 g/mol. The van der Waals surface area contributed by atoms with Crippen LogP contribution in [0, 0.1) is 0 Å². The summed E-state index contributed by atoms with van der Waals surface area (Å²) in [6, 6.07) is 5.83. The number of halogens is 1. The third kappa shape index (κ3) is 1.42. The molecule has 0 unspecified atom stereocenters. The average molecular weight is 185 g/mol. The van der Waals surface area contributed by atoms with E-state index in [1.807, 2.05) is 18.2 Å². The van der Waals surface area contributed by atoms with E-state index in [1.54, 1.807) is 6.26 Å². The van der Waals surface area contributed by atoms with Crippen LogP contribution in [0.2, 0.25) is 0 Å². The van der Waals surface area contributed by atoms with Crippen molar-refractivity contribution in [3.8, 4) is 0 Å². The van der Waals surface area contributed by atoms with Crippen molar-refractivity contribution in [1.82, 2.24) is 5.16 Å². The Hall–Kier alpha value is -1.06. The van der Waals surface area contributed by atoms with Gasteiger partial charge >= 0.3 is 0 Å². The van der Waals surface area contributed by atoms with Gasteiger partial charge in [-0.05, 0) is 17.7 Å². The van der Waals surface area contributed by atoms with Crippen molar-refractivity contribution < 1.29 is 4.52 Å². The van der Waals surface area contributed by atoms with E-state index in [0.29, 0.717) is 6.54 Å². The minimum absolute atomic E-state index is 0. The highest BCUT2D eigenvalue weighted by molar-refractivity contribution is 5.85. The van der Waals surface area contributed by atoms with Crippen LogP contribution in [0.25, 0.3) is 10.9 Å². The molecule has 1 heterocycles. The van der Waals surface area contributed by atoms with E-state index in [4.69, 9.17) is 10.3 Å². The van der Waals surface area contributed by atoms with E-state index in [1.165, 1.54) is 0 Å². The van der Waals surface area contributed by atoms with Crippen molar-refractivity contribution >= 4 is 23.3 Å². The van der Waals surface area contributed by atoms with Crippen LogP contribution in [0.15, 0.2) is 29.0 Å². The molecule has 2 N–H and O–H groups in total. The Morgan fingerprint density at radius 3 is 3.00 bits per heavy atom. The number of hydrogen-bond acceptors (Lipinski definition) is 3. The molecule has 64 valence electrons. The van der Waals surface area contributed by atoms with Gasteiger partial charge in [-0.2, -0.15) is 0 Å². The number of hydrogen-bond donors (Lipinski definition) is 1. The summed E-state index contributed by atoms with van der Waals surface area (Å²) in [7, 11) is 0. The zero-order valence-electron chi connectivity index (χ0n) is 6.36. The lowest BCUT2D eigenvalue weighted by Crippen LogP contribution is -1.94. The molecule has 0 fully saturated rings. The van der Waals surface area contributed by atoms with Crippen molar-refractivity contribution in [2.75, 3.05) is 0 Å². The van der Waals surface area contributed by atoms with Crippen molar-refractivity contribution in [3.05, 3.63) is 30.0 Å². The van der Waals surface area contributed by atoms with Crippen molar-refractivity contribution in [3.63, 3.8) is 0 Å². The summed E-state index contributed by atoms with van der Waals surface area (Å²) in [6.07, 6.45) is 1.62. The molecule has 4 heteroatoms. The van der Waals surface area contributed by atoms with Crippen LogP contribution >= 0.6 is 12.4 Å². The van der Waals surface area contributed by atoms with E-state index < -0.39 is 0 Å². The third-order valence-corrected chi connectivity index (χ3v) is 1.66. The number of aromatic nitrogens is 1. The first-order valence-electron chi connectivity index (χ1n) is 3.43. The summed E-state index contributed by atoms with van der Waals surface area (Å²) in [4.78, 5) is 0. The molecule has 0 saturated heterocycles. The summed E-state index contributed by atoms with van der Waals surface area (Å²) < 4.78 is 4.77. The molecule has 2 aromatic rings. The molecule has 2 rings (SSSR count). The van der Waals surface area contributed by atoms with Gasteiger partial charge in [-0.1, -0.05) is 11.2 Å². The second-order valence-corrected chi connectivity index (χ2v) is 2.41. The number of benzene rings is 1. The molecule has 0 aliphatic carbocycles. The molecular formula is C8H9ClN2O. The fourth-order valence-electron chi connectivity index (χ4n) is 1.05. The zero-order chi connectivity index (χ0) is 7.68. The molecule has 1 aromatic carbocycles. The average Bonchev–Trinajstić information content (AvgIpc) is 2.50. The molecule has 0 amide bonds. The Labute approximate surface area is 75.9 Å². The fraction of sp³-hybridized carbons (Fsp3) is 0.125. The van der Waals surface area contributed by atoms with Gasteiger partial charge in [-0.15, -0.1) is 12.4 Å². The lowest BCUT2D eigenvalue weighted by atomic mass is 10.2. The lowest BCUT2D eigenvalue weighted by molar-refractivity contribution is 0.428. The van der Waals surface area contributed by atoms with Crippen LogP contribution < -0.4 is 5.73 Å². The maximum absolute atomic E-state index is 5.46. The Morgan fingerprint density at radius 2 is 2.25 bits per heavy atom. The van der Waals surface area contributed by atoms with Gasteiger partial charge in [0, 0.05) is 11.9 Å². The highest BCUT2D eigenvalue weighted by Gasteiger charge is 1.97. The number of fused-ring (bicyclic) bond motifs is 1. The first-order chi connectivity index (χ1) is 5.40. The van der Waals surface area contributed by atoms with Gasteiger partial charge in [0.1, 0.15) is 11.8 Å². The van der Waals surface area contributed by atoms with E-state index in [0.717, 1.165) is 16.5 Å². The molecule has 0 aliphatic rings. The minimum atomic E-state index is 0. The second-order valence-electron chi connectivity index (χ2n) is 2.41. The fourth-order valence-corrected chi connectivity index (χ4v) is 1.05. The van der Waals surface area contributed by atoms with Gasteiger partial charge in [0.2, 0.25) is 0 Å². The van der Waals surface area contributed by atoms with Gasteiger partial charge in [0.25, 0.3) is 0 Å². The first kappa shape index (κ1) is 9.03. The minimum Gasteiger partial charge on any atom is -0.364 e. The molecular weight excluding hydrogens is 176 g/mol. The summed E-state index contributed by atoms with van der Waals surface area (Å²) in [6.45, 7) is 0.557. The highest BCUT2D eigenvalue weighted by Crippen LogP contribution is 2.13. The molecule has 1 aromatic heterocycles. The summed E-state index contributed by atoms with van der Waals surface area (Å²) in [5, 5.41) is 4.79. The highest BCUT2D eigenvalue weighted by atomic mass is 35.5. The van der Waals surface area contributed by atoms with Gasteiger partial charge < -0.3 is 10.3 Å². The molecule has 0 bridgehead atoms. The van der Waals surface area contributed by atoms with E-state index in [2.05, 4.69) is 5.16 Å². The number of nitrogens with zero attached hydrogens (tertiary/aromatic N) is 1. The molecule has 0 aliphatic heterocycles. The Kier molecular flexibility index (Phi) is 2.68. The largest absolute Gasteiger partial charge is 0.364 e. The van der Waals surface area contributed by atoms with Crippen LogP contribution in [0.1, 0.15) is 5.56 Å². The molecule has 0 atom stereocenters. The van der Waals surface area contributed by atoms with Crippen LogP contribution in [0.3, 0.4) is 0 Å². The summed E-state index contributed by atoms with van der Waals surface area (Å²) >= 11 is 0. The van der Waals surface area contributed by atoms with Crippen molar-refractivity contribution in [2.24, 2.45) is 5.73 Å². The first-order valence-corrected chi connectivity index (χ1v) is 3.43. The SMILES string of the molecule is Cl.NCc1ccc2nocc2c1. The Bertz CT molecular complexity index is 372. The van der Waals surface area contributed by atoms with Gasteiger partial charge in [0.15, 0.2) is 0 Å². The van der Waals surface area contributed by atoms with Crippen LogP contribution in [-0.4, -0.2) is 5.16 Å². The summed E-state index contributed by atoms with van der Waals surface area (Å²) in [5.41, 5.74) is 7.43. The van der Waals surface area contributed by atoms with Crippen molar-refractivity contribution in [1.29, 1.82) is 0 Å². The maximum atomic E-state index is 5.46. The number of rotatable bonds is 1. The zero-order valence-corrected chi connectivity index (χ0v) is 7.17. The molecule has 0 saturated carbocycles. The van der Waals surface area contributed by atoms with E-state index in [9.17, 15) is 0 Å². The molecule has 12 heavy (non-hydrogen) atoms. The molecule has 0 spiro atoms. The standard InChI is InChI=1S/C8H8N2O.ClH/c9-4-6-1-2-8-7(3-6)5-11-10-8;/h1-3,5H,4,9H2;1H. The lowest BCUT2D eigenvalue weighted by Gasteiger charge is -1.92. The predicted octanol–water partition coefficient (Wildman–Crippen LogP) is 1.71. The smallest absolute Gasteiger partial charge is 0.131 e. The molecule has 0 radical (unpaired) electrons. The Morgan fingerprint density at radius 1 is 1.42 bits per heavy atom.